The van der Waals surface area contributed by atoms with Crippen LogP contribution in [0.5, 0.6) is 0 Å². The van der Waals surface area contributed by atoms with Crippen molar-refractivity contribution in [2.75, 3.05) is 6.61 Å². The van der Waals surface area contributed by atoms with Gasteiger partial charge in [0, 0.05) is 5.54 Å². The number of carbonyl (C=O) groups is 1. The molecule has 0 fully saturated rings. The van der Waals surface area contributed by atoms with Gasteiger partial charge in [-0.05, 0) is 31.5 Å². The molecular weight excluding hydrogens is 259 g/mol. The van der Waals surface area contributed by atoms with Crippen molar-refractivity contribution in [3.05, 3.63) is 35.4 Å². The predicted octanol–water partition coefficient (Wildman–Crippen LogP) is 2.83. The van der Waals surface area contributed by atoms with Crippen LogP contribution >= 0.6 is 0 Å². The maximum Gasteiger partial charge on any atom is 0.416 e. The molecule has 0 saturated heterocycles. The Bertz CT molecular complexity index is 438. The third-order valence-electron chi connectivity index (χ3n) is 2.69. The van der Waals surface area contributed by atoms with Crippen LogP contribution in [0.2, 0.25) is 0 Å². The maximum absolute atomic E-state index is 12.4. The van der Waals surface area contributed by atoms with Crippen LogP contribution in [0.4, 0.5) is 13.2 Å². The fraction of sp³-hybridized carbons (Fsp3) is 0.462. The van der Waals surface area contributed by atoms with E-state index in [1.807, 2.05) is 0 Å². The van der Waals surface area contributed by atoms with Crippen molar-refractivity contribution < 1.29 is 22.7 Å². The molecule has 1 atom stereocenters. The van der Waals surface area contributed by atoms with Crippen molar-refractivity contribution in [2.45, 2.75) is 32.0 Å². The summed E-state index contributed by atoms with van der Waals surface area (Å²) in [6.45, 7) is 3.48. The molecule has 0 aliphatic rings. The molecule has 106 valence electrons. The zero-order valence-corrected chi connectivity index (χ0v) is 10.8. The molecular formula is C13H16F3NO2. The zero-order chi connectivity index (χ0) is 14.7. The summed E-state index contributed by atoms with van der Waals surface area (Å²) in [4.78, 5) is 11.4. The zero-order valence-electron chi connectivity index (χ0n) is 10.8. The molecule has 0 aromatic heterocycles. The number of hydrogen-bond acceptors (Lipinski definition) is 3. The summed E-state index contributed by atoms with van der Waals surface area (Å²) < 4.78 is 42.0. The van der Waals surface area contributed by atoms with E-state index < -0.39 is 23.2 Å². The van der Waals surface area contributed by atoms with Gasteiger partial charge in [0.25, 0.3) is 0 Å². The predicted molar refractivity (Wildman–Crippen MR) is 64.2 cm³/mol. The minimum atomic E-state index is -4.38. The molecule has 0 aliphatic carbocycles. The van der Waals surface area contributed by atoms with Gasteiger partial charge in [0.2, 0.25) is 0 Å². The second-order valence-electron chi connectivity index (χ2n) is 4.47. The Kier molecular flexibility index (Phi) is 4.57. The van der Waals surface area contributed by atoms with Crippen molar-refractivity contribution in [2.24, 2.45) is 5.73 Å². The number of ether oxygens (including phenoxy) is 1. The Morgan fingerprint density at radius 2 is 1.68 bits per heavy atom. The summed E-state index contributed by atoms with van der Waals surface area (Å²) in [5.41, 5.74) is 4.59. The lowest BCUT2D eigenvalue weighted by Gasteiger charge is -2.24. The average Bonchev–Trinajstić information content (AvgIpc) is 2.27. The molecule has 0 heterocycles. The smallest absolute Gasteiger partial charge is 0.416 e. The molecule has 2 N–H and O–H groups in total. The largest absolute Gasteiger partial charge is 0.466 e. The molecule has 1 unspecified atom stereocenters. The first-order chi connectivity index (χ1) is 8.66. The molecule has 3 nitrogen and oxygen atoms in total. The number of esters is 1. The molecule has 0 spiro atoms. The fourth-order valence-electron chi connectivity index (χ4n) is 1.65. The molecule has 0 saturated carbocycles. The minimum absolute atomic E-state index is 0.0911. The summed E-state index contributed by atoms with van der Waals surface area (Å²) in [7, 11) is 0. The van der Waals surface area contributed by atoms with E-state index in [-0.39, 0.29) is 13.0 Å². The first-order valence-corrected chi connectivity index (χ1v) is 5.79. The molecule has 0 aliphatic heterocycles. The van der Waals surface area contributed by atoms with Gasteiger partial charge in [0.1, 0.15) is 0 Å². The van der Waals surface area contributed by atoms with Crippen molar-refractivity contribution in [3.63, 3.8) is 0 Å². The van der Waals surface area contributed by atoms with E-state index in [1.54, 1.807) is 13.8 Å². The molecule has 19 heavy (non-hydrogen) atoms. The summed E-state index contributed by atoms with van der Waals surface area (Å²) >= 11 is 0. The molecule has 6 heteroatoms. The molecule has 0 radical (unpaired) electrons. The SMILES string of the molecule is CCOC(=O)CC(C)(N)c1ccc(C(F)(F)F)cc1. The lowest BCUT2D eigenvalue weighted by Crippen LogP contribution is -2.36. The third-order valence-corrected chi connectivity index (χ3v) is 2.69. The van der Waals surface area contributed by atoms with Gasteiger partial charge >= 0.3 is 12.1 Å². The standard InChI is InChI=1S/C13H16F3NO2/c1-3-19-11(18)8-12(2,17)9-4-6-10(7-5-9)13(14,15)16/h4-7H,3,8,17H2,1-2H3. The van der Waals surface area contributed by atoms with Crippen LogP contribution in [-0.2, 0) is 21.2 Å². The van der Waals surface area contributed by atoms with E-state index in [1.165, 1.54) is 12.1 Å². The van der Waals surface area contributed by atoms with Gasteiger partial charge in [0.15, 0.2) is 0 Å². The highest BCUT2D eigenvalue weighted by Crippen LogP contribution is 2.31. The second-order valence-corrected chi connectivity index (χ2v) is 4.47. The Labute approximate surface area is 109 Å². The normalized spacial score (nSPS) is 14.8. The van der Waals surface area contributed by atoms with Crippen LogP contribution in [0.3, 0.4) is 0 Å². The molecule has 0 amide bonds. The first kappa shape index (κ1) is 15.5. The van der Waals surface area contributed by atoms with Crippen molar-refractivity contribution in [3.8, 4) is 0 Å². The summed E-state index contributed by atoms with van der Waals surface area (Å²) in [5, 5.41) is 0. The topological polar surface area (TPSA) is 52.3 Å². The number of nitrogens with two attached hydrogens (primary N) is 1. The lowest BCUT2D eigenvalue weighted by molar-refractivity contribution is -0.144. The molecule has 1 aromatic carbocycles. The molecule has 1 rings (SSSR count). The number of hydrogen-bond donors (Lipinski definition) is 1. The van der Waals surface area contributed by atoms with Gasteiger partial charge in [-0.2, -0.15) is 13.2 Å². The van der Waals surface area contributed by atoms with E-state index in [9.17, 15) is 18.0 Å². The fourth-order valence-corrected chi connectivity index (χ4v) is 1.65. The van der Waals surface area contributed by atoms with Crippen LogP contribution in [0.15, 0.2) is 24.3 Å². The number of alkyl halides is 3. The van der Waals surface area contributed by atoms with E-state index in [0.29, 0.717) is 5.56 Å². The van der Waals surface area contributed by atoms with Crippen LogP contribution in [-0.4, -0.2) is 12.6 Å². The van der Waals surface area contributed by atoms with Crippen LogP contribution < -0.4 is 5.73 Å². The number of carbonyl (C=O) groups excluding carboxylic acids is 1. The van der Waals surface area contributed by atoms with Gasteiger partial charge in [-0.1, -0.05) is 12.1 Å². The number of benzene rings is 1. The van der Waals surface area contributed by atoms with Crippen LogP contribution in [0.25, 0.3) is 0 Å². The Balaban J connectivity index is 2.87. The van der Waals surface area contributed by atoms with Crippen LogP contribution in [0.1, 0.15) is 31.4 Å². The lowest BCUT2D eigenvalue weighted by atomic mass is 9.89. The van der Waals surface area contributed by atoms with E-state index in [0.717, 1.165) is 12.1 Å². The number of halogens is 3. The summed E-state index contributed by atoms with van der Waals surface area (Å²) in [6, 6.07) is 4.46. The van der Waals surface area contributed by atoms with Gasteiger partial charge in [-0.15, -0.1) is 0 Å². The van der Waals surface area contributed by atoms with Crippen molar-refractivity contribution in [1.82, 2.24) is 0 Å². The van der Waals surface area contributed by atoms with Crippen molar-refractivity contribution in [1.29, 1.82) is 0 Å². The second kappa shape index (κ2) is 5.61. The highest BCUT2D eigenvalue weighted by molar-refractivity contribution is 5.71. The molecule has 1 aromatic rings. The van der Waals surface area contributed by atoms with E-state index in [2.05, 4.69) is 0 Å². The summed E-state index contributed by atoms with van der Waals surface area (Å²) in [6.07, 6.45) is -4.48. The van der Waals surface area contributed by atoms with E-state index >= 15 is 0 Å². The van der Waals surface area contributed by atoms with Gasteiger partial charge in [0.05, 0.1) is 18.6 Å². The Morgan fingerprint density at radius 3 is 2.11 bits per heavy atom. The van der Waals surface area contributed by atoms with Crippen LogP contribution in [0, 0.1) is 0 Å². The summed E-state index contributed by atoms with van der Waals surface area (Å²) in [5.74, 6) is -0.479. The Hall–Kier alpha value is -1.56. The quantitative estimate of drug-likeness (QED) is 0.860. The first-order valence-electron chi connectivity index (χ1n) is 5.79. The van der Waals surface area contributed by atoms with E-state index in [4.69, 9.17) is 10.5 Å². The van der Waals surface area contributed by atoms with Crippen molar-refractivity contribution >= 4 is 5.97 Å². The highest BCUT2D eigenvalue weighted by atomic mass is 19.4. The van der Waals surface area contributed by atoms with Gasteiger partial charge in [-0.3, -0.25) is 4.79 Å². The highest BCUT2D eigenvalue weighted by Gasteiger charge is 2.31. The van der Waals surface area contributed by atoms with Gasteiger partial charge < -0.3 is 10.5 Å². The van der Waals surface area contributed by atoms with Gasteiger partial charge in [-0.25, -0.2) is 0 Å². The number of rotatable bonds is 4. The third kappa shape index (κ3) is 4.24. The minimum Gasteiger partial charge on any atom is -0.466 e. The average molecular weight is 275 g/mol. The monoisotopic (exact) mass is 275 g/mol. The maximum atomic E-state index is 12.4. The molecule has 0 bridgehead atoms. The Morgan fingerprint density at radius 1 is 1.21 bits per heavy atom.